The summed E-state index contributed by atoms with van der Waals surface area (Å²) in [6.45, 7) is 33.6. The second-order valence-corrected chi connectivity index (χ2v) is 16.8. The van der Waals surface area contributed by atoms with Crippen molar-refractivity contribution in [1.82, 2.24) is 0 Å². The standard InChI is InChI=1S/C14H16O4.C10H16O3.C9H18O3.C8H16O3/c1-14(2,3)16-9-11-12(18-13(15)17-11)10-7-5-4-6-8-10;1-7-5-9(11)13-8(7)6-12-10(2,3)4;1-7(10)11-9(5,6)12-8(2,3)4;1-6(9)10-7(2)11-8(3,4)5/h4-8H,9H2,1-3H3;5-6H2,1-4H3;1-6H3;7H,1-5H3. The molecule has 1 atom stereocenters. The van der Waals surface area contributed by atoms with E-state index in [4.69, 9.17) is 42.0 Å². The second kappa shape index (κ2) is 21.3. The van der Waals surface area contributed by atoms with Gasteiger partial charge in [0.15, 0.2) is 11.5 Å². The van der Waals surface area contributed by atoms with E-state index in [2.05, 4.69) is 0 Å². The highest BCUT2D eigenvalue weighted by Crippen LogP contribution is 2.25. The molecule has 0 N–H and O–H groups in total. The van der Waals surface area contributed by atoms with Crippen LogP contribution >= 0.6 is 0 Å². The number of cyclic esters (lactones) is 1. The summed E-state index contributed by atoms with van der Waals surface area (Å²) in [6, 6.07) is 9.35. The Morgan fingerprint density at radius 2 is 1.24 bits per heavy atom. The summed E-state index contributed by atoms with van der Waals surface area (Å²) < 4.78 is 46.7. The monoisotopic (exact) mass is 766 g/mol. The van der Waals surface area contributed by atoms with Crippen molar-refractivity contribution in [3.63, 3.8) is 0 Å². The third-order valence-electron chi connectivity index (χ3n) is 5.87. The van der Waals surface area contributed by atoms with Gasteiger partial charge in [-0.3, -0.25) is 14.4 Å². The maximum Gasteiger partial charge on any atom is 0.519 e. The molecule has 2 heterocycles. The number of hydrogen-bond donors (Lipinski definition) is 0. The van der Waals surface area contributed by atoms with Crippen molar-refractivity contribution < 1.29 is 56.4 Å². The van der Waals surface area contributed by atoms with Gasteiger partial charge < -0.3 is 42.0 Å². The third kappa shape index (κ3) is 26.1. The van der Waals surface area contributed by atoms with Crippen molar-refractivity contribution >= 4 is 17.9 Å². The number of hydrogen-bond acceptors (Lipinski definition) is 13. The molecule has 0 aliphatic carbocycles. The number of rotatable bonds is 9. The Balaban J connectivity index is 0.000000710. The molecule has 0 bridgehead atoms. The van der Waals surface area contributed by atoms with Gasteiger partial charge in [-0.25, -0.2) is 4.79 Å². The molecule has 13 heteroatoms. The van der Waals surface area contributed by atoms with Crippen molar-refractivity contribution in [2.75, 3.05) is 6.61 Å². The first-order chi connectivity index (χ1) is 24.3. The fraction of sp³-hybridized carbons (Fsp3) is 0.659. The van der Waals surface area contributed by atoms with Crippen LogP contribution in [-0.4, -0.2) is 59.0 Å². The number of esters is 3. The average Bonchev–Trinajstić information content (AvgIpc) is 3.47. The predicted molar refractivity (Wildman–Crippen MR) is 205 cm³/mol. The smallest absolute Gasteiger partial charge is 0.436 e. The SMILES string of the molecule is CC(=O)OC(C)(C)OC(C)(C)C.CC(=O)OC(C)OC(C)(C)C.CC(C)(C)OCc1oc(=O)oc1-c1ccccc1.CC1=C(COC(C)(C)C)OC(=O)C1. The van der Waals surface area contributed by atoms with E-state index in [1.165, 1.54) is 13.8 Å². The Bertz CT molecular complexity index is 1530. The van der Waals surface area contributed by atoms with E-state index in [-0.39, 0.29) is 46.9 Å². The molecule has 0 radical (unpaired) electrons. The van der Waals surface area contributed by atoms with Crippen molar-refractivity contribution in [2.45, 2.75) is 172 Å². The van der Waals surface area contributed by atoms with E-state index >= 15 is 0 Å². The Labute approximate surface area is 322 Å². The third-order valence-corrected chi connectivity index (χ3v) is 5.87. The quantitative estimate of drug-likeness (QED) is 0.135. The highest BCUT2D eigenvalue weighted by molar-refractivity contribution is 5.76. The first-order valence-corrected chi connectivity index (χ1v) is 17.9. The van der Waals surface area contributed by atoms with Crippen molar-refractivity contribution in [2.24, 2.45) is 0 Å². The minimum absolute atomic E-state index is 0.176. The molecule has 0 fully saturated rings. The lowest BCUT2D eigenvalue weighted by atomic mass is 10.1. The minimum Gasteiger partial charge on any atom is -0.436 e. The average molecular weight is 767 g/mol. The lowest BCUT2D eigenvalue weighted by Crippen LogP contribution is -2.38. The normalized spacial score (nSPS) is 14.0. The summed E-state index contributed by atoms with van der Waals surface area (Å²) in [5.41, 5.74) is 0.713. The zero-order valence-electron chi connectivity index (χ0n) is 35.9. The zero-order chi connectivity index (χ0) is 42.3. The molecular formula is C41H66O13. The molecule has 3 rings (SSSR count). The van der Waals surface area contributed by atoms with Gasteiger partial charge in [0.2, 0.25) is 12.1 Å². The molecule has 308 valence electrons. The summed E-state index contributed by atoms with van der Waals surface area (Å²) in [6.07, 6.45) is -0.0597. The van der Waals surface area contributed by atoms with Gasteiger partial charge >= 0.3 is 23.7 Å². The van der Waals surface area contributed by atoms with Crippen molar-refractivity contribution in [3.8, 4) is 11.3 Å². The number of carbonyl (C=O) groups is 3. The highest BCUT2D eigenvalue weighted by Gasteiger charge is 2.28. The lowest BCUT2D eigenvalue weighted by Gasteiger charge is -2.32. The fourth-order valence-corrected chi connectivity index (χ4v) is 4.36. The van der Waals surface area contributed by atoms with E-state index in [1.807, 2.05) is 120 Å². The van der Waals surface area contributed by atoms with E-state index in [0.717, 1.165) is 11.1 Å². The molecular weight excluding hydrogens is 700 g/mol. The van der Waals surface area contributed by atoms with Crippen LogP contribution in [0.2, 0.25) is 0 Å². The largest absolute Gasteiger partial charge is 0.519 e. The molecule has 0 saturated heterocycles. The predicted octanol–water partition coefficient (Wildman–Crippen LogP) is 9.05. The van der Waals surface area contributed by atoms with Gasteiger partial charge in [-0.05, 0) is 103 Å². The van der Waals surface area contributed by atoms with Gasteiger partial charge in [-0.2, -0.15) is 0 Å². The fourth-order valence-electron chi connectivity index (χ4n) is 4.36. The molecule has 54 heavy (non-hydrogen) atoms. The summed E-state index contributed by atoms with van der Waals surface area (Å²) >= 11 is 0. The first-order valence-electron chi connectivity index (χ1n) is 17.9. The Kier molecular flexibility index (Phi) is 19.9. The lowest BCUT2D eigenvalue weighted by molar-refractivity contribution is -0.247. The molecule has 2 aromatic rings. The summed E-state index contributed by atoms with van der Waals surface area (Å²) in [5.74, 6) is -0.840. The molecule has 1 aromatic heterocycles. The molecule has 1 aliphatic rings. The van der Waals surface area contributed by atoms with Crippen LogP contribution in [0.5, 0.6) is 0 Å². The summed E-state index contributed by atoms with van der Waals surface area (Å²) in [4.78, 5) is 43.2. The number of carbonyl (C=O) groups excluding carboxylic acids is 3. The van der Waals surface area contributed by atoms with Gasteiger partial charge in [-0.1, -0.05) is 30.3 Å². The molecule has 0 spiro atoms. The Hall–Kier alpha value is -3.78. The van der Waals surface area contributed by atoms with Crippen LogP contribution in [0.25, 0.3) is 11.3 Å². The van der Waals surface area contributed by atoms with Gasteiger partial charge in [0.25, 0.3) is 0 Å². The maximum absolute atomic E-state index is 11.2. The first kappa shape index (κ1) is 50.2. The highest BCUT2D eigenvalue weighted by atomic mass is 16.7. The van der Waals surface area contributed by atoms with E-state index in [9.17, 15) is 19.2 Å². The topological polar surface area (TPSA) is 159 Å². The van der Waals surface area contributed by atoms with Crippen LogP contribution < -0.4 is 5.82 Å². The number of benzene rings is 1. The molecule has 1 aliphatic heterocycles. The van der Waals surface area contributed by atoms with Crippen LogP contribution in [0.3, 0.4) is 0 Å². The minimum atomic E-state index is -0.843. The molecule has 13 nitrogen and oxygen atoms in total. The van der Waals surface area contributed by atoms with Crippen molar-refractivity contribution in [3.05, 3.63) is 58.0 Å². The van der Waals surface area contributed by atoms with Gasteiger partial charge in [-0.15, -0.1) is 0 Å². The molecule has 1 aromatic carbocycles. The Morgan fingerprint density at radius 1 is 0.722 bits per heavy atom. The van der Waals surface area contributed by atoms with Crippen LogP contribution in [-0.2, 0) is 54.1 Å². The zero-order valence-corrected chi connectivity index (χ0v) is 35.9. The van der Waals surface area contributed by atoms with E-state index in [1.54, 1.807) is 20.8 Å². The van der Waals surface area contributed by atoms with E-state index in [0.29, 0.717) is 30.3 Å². The number of ether oxygens (including phenoxy) is 7. The summed E-state index contributed by atoms with van der Waals surface area (Å²) in [7, 11) is 0. The second-order valence-electron chi connectivity index (χ2n) is 16.8. The van der Waals surface area contributed by atoms with Crippen LogP contribution in [0, 0.1) is 0 Å². The van der Waals surface area contributed by atoms with Crippen LogP contribution in [0.1, 0.15) is 137 Å². The van der Waals surface area contributed by atoms with Crippen LogP contribution in [0.4, 0.5) is 0 Å². The molecule has 0 amide bonds. The summed E-state index contributed by atoms with van der Waals surface area (Å²) in [5, 5.41) is 0. The Morgan fingerprint density at radius 3 is 1.65 bits per heavy atom. The molecule has 1 unspecified atom stereocenters. The van der Waals surface area contributed by atoms with Crippen LogP contribution in [0.15, 0.2) is 55.3 Å². The molecule has 0 saturated carbocycles. The van der Waals surface area contributed by atoms with Gasteiger partial charge in [0, 0.05) is 33.3 Å². The van der Waals surface area contributed by atoms with Crippen molar-refractivity contribution in [1.29, 1.82) is 0 Å². The van der Waals surface area contributed by atoms with Gasteiger partial charge in [0.1, 0.15) is 19.0 Å². The maximum atomic E-state index is 11.2. The van der Waals surface area contributed by atoms with Gasteiger partial charge in [0.05, 0.1) is 28.8 Å². The van der Waals surface area contributed by atoms with E-state index < -0.39 is 17.9 Å².